The van der Waals surface area contributed by atoms with Crippen molar-refractivity contribution in [3.63, 3.8) is 0 Å². The van der Waals surface area contributed by atoms with Gasteiger partial charge >= 0.3 is 0 Å². The summed E-state index contributed by atoms with van der Waals surface area (Å²) in [6.07, 6.45) is 0. The first-order chi connectivity index (χ1) is 8.85. The standard InChI is InChI=1S/C13H19N3O3/c1-9(17)15-10-4-6-11(7-5-10)19-8-13(2,3)12(18)16-14/h4-7H,8,14H2,1-3H3,(H,15,17)(H,16,18). The predicted octanol–water partition coefficient (Wildman–Crippen LogP) is 1.04. The minimum atomic E-state index is -0.717. The molecule has 104 valence electrons. The molecule has 0 heterocycles. The van der Waals surface area contributed by atoms with Gasteiger partial charge in [0.25, 0.3) is 0 Å². The highest BCUT2D eigenvalue weighted by Crippen LogP contribution is 2.20. The van der Waals surface area contributed by atoms with E-state index in [9.17, 15) is 9.59 Å². The zero-order valence-corrected chi connectivity index (χ0v) is 11.3. The number of amides is 2. The highest BCUT2D eigenvalue weighted by atomic mass is 16.5. The molecule has 0 fully saturated rings. The fraction of sp³-hybridized carbons (Fsp3) is 0.385. The number of carbonyl (C=O) groups excluding carboxylic acids is 2. The molecule has 4 N–H and O–H groups in total. The van der Waals surface area contributed by atoms with Gasteiger partial charge in [-0.15, -0.1) is 0 Å². The van der Waals surface area contributed by atoms with Gasteiger partial charge in [0.1, 0.15) is 12.4 Å². The second-order valence-corrected chi connectivity index (χ2v) is 4.85. The van der Waals surface area contributed by atoms with Gasteiger partial charge in [0.15, 0.2) is 0 Å². The maximum Gasteiger partial charge on any atom is 0.242 e. The minimum Gasteiger partial charge on any atom is -0.492 e. The van der Waals surface area contributed by atoms with Crippen LogP contribution in [0.25, 0.3) is 0 Å². The number of rotatable bonds is 5. The van der Waals surface area contributed by atoms with Gasteiger partial charge in [-0.2, -0.15) is 0 Å². The lowest BCUT2D eigenvalue weighted by Gasteiger charge is -2.22. The highest BCUT2D eigenvalue weighted by Gasteiger charge is 2.27. The van der Waals surface area contributed by atoms with Crippen LogP contribution in [0.5, 0.6) is 5.75 Å². The third-order valence-corrected chi connectivity index (χ3v) is 2.52. The van der Waals surface area contributed by atoms with E-state index in [1.807, 2.05) is 0 Å². The summed E-state index contributed by atoms with van der Waals surface area (Å²) in [5.74, 6) is 5.30. The molecular formula is C13H19N3O3. The highest BCUT2D eigenvalue weighted by molar-refractivity contribution is 5.88. The Morgan fingerprint density at radius 3 is 2.32 bits per heavy atom. The Kier molecular flexibility index (Phi) is 4.88. The molecule has 0 aromatic heterocycles. The lowest BCUT2D eigenvalue weighted by atomic mass is 9.94. The van der Waals surface area contributed by atoms with Gasteiger partial charge in [-0.3, -0.25) is 15.0 Å². The predicted molar refractivity (Wildman–Crippen MR) is 72.4 cm³/mol. The van der Waals surface area contributed by atoms with Gasteiger partial charge in [-0.05, 0) is 38.1 Å². The normalized spacial score (nSPS) is 10.7. The third kappa shape index (κ3) is 4.59. The fourth-order valence-electron chi connectivity index (χ4n) is 1.36. The Hall–Kier alpha value is -2.08. The van der Waals surface area contributed by atoms with E-state index in [1.54, 1.807) is 38.1 Å². The lowest BCUT2D eigenvalue weighted by molar-refractivity contribution is -0.130. The number of hydrogen-bond acceptors (Lipinski definition) is 4. The van der Waals surface area contributed by atoms with E-state index < -0.39 is 5.41 Å². The molecule has 0 radical (unpaired) electrons. The first-order valence-corrected chi connectivity index (χ1v) is 5.86. The molecule has 0 bridgehead atoms. The van der Waals surface area contributed by atoms with E-state index in [1.165, 1.54) is 6.92 Å². The summed E-state index contributed by atoms with van der Waals surface area (Å²) in [7, 11) is 0. The minimum absolute atomic E-state index is 0.130. The summed E-state index contributed by atoms with van der Waals surface area (Å²) in [5, 5.41) is 2.66. The maximum absolute atomic E-state index is 11.5. The van der Waals surface area contributed by atoms with Gasteiger partial charge in [-0.1, -0.05) is 0 Å². The summed E-state index contributed by atoms with van der Waals surface area (Å²) in [6, 6.07) is 6.91. The van der Waals surface area contributed by atoms with Crippen LogP contribution in [-0.4, -0.2) is 18.4 Å². The number of hydrazine groups is 1. The molecule has 19 heavy (non-hydrogen) atoms. The molecular weight excluding hydrogens is 246 g/mol. The van der Waals surface area contributed by atoms with Crippen molar-refractivity contribution in [1.82, 2.24) is 5.43 Å². The van der Waals surface area contributed by atoms with Crippen LogP contribution < -0.4 is 21.3 Å². The van der Waals surface area contributed by atoms with Crippen molar-refractivity contribution in [3.05, 3.63) is 24.3 Å². The number of nitrogens with two attached hydrogens (primary N) is 1. The second kappa shape index (κ2) is 6.19. The molecule has 0 atom stereocenters. The Bertz CT molecular complexity index is 455. The largest absolute Gasteiger partial charge is 0.492 e. The van der Waals surface area contributed by atoms with Crippen LogP contribution in [0.15, 0.2) is 24.3 Å². The molecule has 0 saturated carbocycles. The molecule has 2 amide bonds. The molecule has 1 aromatic rings. The lowest BCUT2D eigenvalue weighted by Crippen LogP contribution is -2.44. The van der Waals surface area contributed by atoms with Crippen LogP contribution >= 0.6 is 0 Å². The van der Waals surface area contributed by atoms with Crippen LogP contribution in [0.1, 0.15) is 20.8 Å². The van der Waals surface area contributed by atoms with E-state index in [0.717, 1.165) is 0 Å². The number of ether oxygens (including phenoxy) is 1. The van der Waals surface area contributed by atoms with Gasteiger partial charge in [0, 0.05) is 12.6 Å². The van der Waals surface area contributed by atoms with Gasteiger partial charge in [-0.25, -0.2) is 5.84 Å². The zero-order valence-electron chi connectivity index (χ0n) is 11.3. The molecule has 1 rings (SSSR count). The van der Waals surface area contributed by atoms with E-state index in [4.69, 9.17) is 10.6 Å². The summed E-state index contributed by atoms with van der Waals surface area (Å²) >= 11 is 0. The maximum atomic E-state index is 11.5. The van der Waals surface area contributed by atoms with Crippen molar-refractivity contribution in [2.75, 3.05) is 11.9 Å². The van der Waals surface area contributed by atoms with Crippen LogP contribution in [0.3, 0.4) is 0 Å². The van der Waals surface area contributed by atoms with E-state index in [-0.39, 0.29) is 18.4 Å². The van der Waals surface area contributed by atoms with Crippen LogP contribution in [-0.2, 0) is 9.59 Å². The molecule has 1 aromatic carbocycles. The average molecular weight is 265 g/mol. The Morgan fingerprint density at radius 1 is 1.26 bits per heavy atom. The SMILES string of the molecule is CC(=O)Nc1ccc(OCC(C)(C)C(=O)NN)cc1. The molecule has 0 saturated heterocycles. The number of nitrogens with one attached hydrogen (secondary N) is 2. The van der Waals surface area contributed by atoms with Gasteiger partial charge in [0.2, 0.25) is 11.8 Å². The van der Waals surface area contributed by atoms with Crippen molar-refractivity contribution < 1.29 is 14.3 Å². The topological polar surface area (TPSA) is 93.4 Å². The monoisotopic (exact) mass is 265 g/mol. The molecule has 0 aliphatic heterocycles. The van der Waals surface area contributed by atoms with E-state index in [2.05, 4.69) is 10.7 Å². The first kappa shape index (κ1) is 15.0. The van der Waals surface area contributed by atoms with Crippen molar-refractivity contribution in [3.8, 4) is 5.75 Å². The van der Waals surface area contributed by atoms with Crippen molar-refractivity contribution in [2.45, 2.75) is 20.8 Å². The van der Waals surface area contributed by atoms with Crippen LogP contribution in [0.4, 0.5) is 5.69 Å². The van der Waals surface area contributed by atoms with Gasteiger partial charge < -0.3 is 10.1 Å². The molecule has 6 heteroatoms. The molecule has 0 aliphatic carbocycles. The smallest absolute Gasteiger partial charge is 0.242 e. The average Bonchev–Trinajstić information content (AvgIpc) is 2.36. The van der Waals surface area contributed by atoms with E-state index >= 15 is 0 Å². The molecule has 6 nitrogen and oxygen atoms in total. The van der Waals surface area contributed by atoms with Crippen LogP contribution in [0, 0.1) is 5.41 Å². The van der Waals surface area contributed by atoms with Gasteiger partial charge in [0.05, 0.1) is 5.41 Å². The number of anilines is 1. The molecule has 0 aliphatic rings. The van der Waals surface area contributed by atoms with Crippen molar-refractivity contribution >= 4 is 17.5 Å². The summed E-state index contributed by atoms with van der Waals surface area (Å²) < 4.78 is 5.52. The Labute approximate surface area is 112 Å². The Balaban J connectivity index is 2.59. The second-order valence-electron chi connectivity index (χ2n) is 4.85. The van der Waals surface area contributed by atoms with Crippen molar-refractivity contribution in [1.29, 1.82) is 0 Å². The summed E-state index contributed by atoms with van der Waals surface area (Å²) in [6.45, 7) is 5.12. The fourth-order valence-corrected chi connectivity index (χ4v) is 1.36. The molecule has 0 unspecified atom stereocenters. The zero-order chi connectivity index (χ0) is 14.5. The summed E-state index contributed by atoms with van der Waals surface area (Å²) in [4.78, 5) is 22.3. The first-order valence-electron chi connectivity index (χ1n) is 5.86. The Morgan fingerprint density at radius 2 is 1.84 bits per heavy atom. The number of hydrogen-bond donors (Lipinski definition) is 3. The van der Waals surface area contributed by atoms with Crippen molar-refractivity contribution in [2.24, 2.45) is 11.3 Å². The molecule has 0 spiro atoms. The van der Waals surface area contributed by atoms with Crippen LogP contribution in [0.2, 0.25) is 0 Å². The number of carbonyl (C=O) groups is 2. The summed E-state index contributed by atoms with van der Waals surface area (Å²) in [5.41, 5.74) is 2.08. The number of benzene rings is 1. The quantitative estimate of drug-likeness (QED) is 0.421. The third-order valence-electron chi connectivity index (χ3n) is 2.52. The van der Waals surface area contributed by atoms with E-state index in [0.29, 0.717) is 11.4 Å².